The molecule has 0 atom stereocenters. The Labute approximate surface area is 182 Å². The van der Waals surface area contributed by atoms with Crippen LogP contribution in [0.4, 0.5) is 15.8 Å². The molecule has 0 saturated heterocycles. The van der Waals surface area contributed by atoms with E-state index < -0.39 is 47.4 Å². The first-order valence-electron chi connectivity index (χ1n) is 9.70. The standard InChI is InChI=1S/C21H22FN3O7/c1-2-3-10-31-16-7-4-14(5-8-16)21(28)23-12-20(27)32-13-19(26)24-15-6-9-17(22)18(11-15)25(29)30/h4-9,11H,2-3,10,12-13H2,1H3,(H,23,28)(H,24,26). The fourth-order valence-electron chi connectivity index (χ4n) is 2.42. The number of nitro groups is 1. The van der Waals surface area contributed by atoms with Crippen LogP contribution in [0.15, 0.2) is 42.5 Å². The molecule has 0 aliphatic heterocycles. The van der Waals surface area contributed by atoms with E-state index in [1.807, 2.05) is 6.92 Å². The van der Waals surface area contributed by atoms with E-state index in [1.54, 1.807) is 24.3 Å². The number of rotatable bonds is 11. The van der Waals surface area contributed by atoms with Crippen LogP contribution in [0.25, 0.3) is 0 Å². The number of carbonyl (C=O) groups excluding carboxylic acids is 3. The molecular formula is C21H22FN3O7. The van der Waals surface area contributed by atoms with Crippen molar-refractivity contribution in [3.8, 4) is 5.75 Å². The average Bonchev–Trinajstić information content (AvgIpc) is 2.77. The van der Waals surface area contributed by atoms with Crippen LogP contribution in [0, 0.1) is 15.9 Å². The van der Waals surface area contributed by atoms with E-state index in [0.29, 0.717) is 17.9 Å². The summed E-state index contributed by atoms with van der Waals surface area (Å²) < 4.78 is 23.6. The fraction of sp³-hybridized carbons (Fsp3) is 0.286. The molecule has 0 fully saturated rings. The van der Waals surface area contributed by atoms with Gasteiger partial charge in [0, 0.05) is 17.3 Å². The Kier molecular flexibility index (Phi) is 9.08. The first-order valence-corrected chi connectivity index (χ1v) is 9.70. The molecular weight excluding hydrogens is 425 g/mol. The highest BCUT2D eigenvalue weighted by atomic mass is 19.1. The molecule has 0 aliphatic carbocycles. The molecule has 2 rings (SSSR count). The van der Waals surface area contributed by atoms with E-state index in [1.165, 1.54) is 0 Å². The van der Waals surface area contributed by atoms with Gasteiger partial charge in [-0.2, -0.15) is 4.39 Å². The van der Waals surface area contributed by atoms with Crippen LogP contribution in [0.1, 0.15) is 30.1 Å². The molecule has 0 spiro atoms. The van der Waals surface area contributed by atoms with Crippen LogP contribution >= 0.6 is 0 Å². The highest BCUT2D eigenvalue weighted by molar-refractivity contribution is 5.96. The third-order valence-electron chi connectivity index (χ3n) is 4.07. The van der Waals surface area contributed by atoms with Crippen molar-refractivity contribution in [2.45, 2.75) is 19.8 Å². The number of nitrogens with zero attached hydrogens (tertiary/aromatic N) is 1. The lowest BCUT2D eigenvalue weighted by atomic mass is 10.2. The third kappa shape index (κ3) is 7.67. The number of unbranched alkanes of at least 4 members (excludes halogenated alkanes) is 1. The lowest BCUT2D eigenvalue weighted by Crippen LogP contribution is -2.32. The van der Waals surface area contributed by atoms with Gasteiger partial charge < -0.3 is 20.1 Å². The lowest BCUT2D eigenvalue weighted by molar-refractivity contribution is -0.387. The van der Waals surface area contributed by atoms with Crippen molar-refractivity contribution in [1.82, 2.24) is 5.32 Å². The van der Waals surface area contributed by atoms with Gasteiger partial charge in [0.15, 0.2) is 6.61 Å². The lowest BCUT2D eigenvalue weighted by Gasteiger charge is -2.09. The minimum absolute atomic E-state index is 0.0328. The molecule has 0 heterocycles. The number of ether oxygens (including phenoxy) is 2. The first kappa shape index (κ1) is 24.3. The summed E-state index contributed by atoms with van der Waals surface area (Å²) in [4.78, 5) is 45.4. The normalized spacial score (nSPS) is 10.2. The van der Waals surface area contributed by atoms with Gasteiger partial charge in [0.25, 0.3) is 11.8 Å². The van der Waals surface area contributed by atoms with Gasteiger partial charge in [-0.05, 0) is 42.8 Å². The van der Waals surface area contributed by atoms with E-state index in [0.717, 1.165) is 31.0 Å². The summed E-state index contributed by atoms with van der Waals surface area (Å²) in [5, 5.41) is 15.3. The second-order valence-corrected chi connectivity index (χ2v) is 6.54. The number of hydrogen-bond acceptors (Lipinski definition) is 7. The molecule has 2 aromatic rings. The smallest absolute Gasteiger partial charge is 0.325 e. The largest absolute Gasteiger partial charge is 0.494 e. The van der Waals surface area contributed by atoms with Crippen LogP contribution in [0.3, 0.4) is 0 Å². The van der Waals surface area contributed by atoms with Crippen LogP contribution in [-0.2, 0) is 14.3 Å². The predicted octanol–water partition coefficient (Wildman–Crippen LogP) is 2.82. The molecule has 11 heteroatoms. The maximum absolute atomic E-state index is 13.3. The summed E-state index contributed by atoms with van der Waals surface area (Å²) in [7, 11) is 0. The summed E-state index contributed by atoms with van der Waals surface area (Å²) in [5.41, 5.74) is -0.520. The summed E-state index contributed by atoms with van der Waals surface area (Å²) in [6.07, 6.45) is 1.93. The maximum Gasteiger partial charge on any atom is 0.325 e. The molecule has 2 N–H and O–H groups in total. The number of nitro benzene ring substituents is 1. The number of anilines is 1. The highest BCUT2D eigenvalue weighted by Gasteiger charge is 2.16. The van der Waals surface area contributed by atoms with Crippen molar-refractivity contribution in [3.05, 3.63) is 64.0 Å². The quantitative estimate of drug-likeness (QED) is 0.234. The first-order chi connectivity index (χ1) is 15.3. The van der Waals surface area contributed by atoms with E-state index in [2.05, 4.69) is 10.6 Å². The number of carbonyl (C=O) groups is 3. The maximum atomic E-state index is 13.3. The molecule has 0 aliphatic rings. The molecule has 0 bridgehead atoms. The number of esters is 1. The molecule has 2 aromatic carbocycles. The molecule has 10 nitrogen and oxygen atoms in total. The molecule has 0 saturated carbocycles. The zero-order chi connectivity index (χ0) is 23.5. The number of amides is 2. The van der Waals surface area contributed by atoms with Crippen molar-refractivity contribution < 1.29 is 33.2 Å². The van der Waals surface area contributed by atoms with Gasteiger partial charge in [-0.3, -0.25) is 24.5 Å². The van der Waals surface area contributed by atoms with Gasteiger partial charge in [-0.25, -0.2) is 0 Å². The van der Waals surface area contributed by atoms with Gasteiger partial charge in [-0.1, -0.05) is 13.3 Å². The van der Waals surface area contributed by atoms with Crippen molar-refractivity contribution in [2.75, 3.05) is 25.1 Å². The Hall–Kier alpha value is -4.02. The minimum Gasteiger partial charge on any atom is -0.494 e. The topological polar surface area (TPSA) is 137 Å². The van der Waals surface area contributed by atoms with Crippen molar-refractivity contribution >= 4 is 29.2 Å². The monoisotopic (exact) mass is 447 g/mol. The SMILES string of the molecule is CCCCOc1ccc(C(=O)NCC(=O)OCC(=O)Nc2ccc(F)c([N+](=O)[O-])c2)cc1. The average molecular weight is 447 g/mol. The minimum atomic E-state index is -1.05. The van der Waals surface area contributed by atoms with Crippen LogP contribution in [0.2, 0.25) is 0 Å². The molecule has 32 heavy (non-hydrogen) atoms. The fourth-order valence-corrected chi connectivity index (χ4v) is 2.42. The number of hydrogen-bond donors (Lipinski definition) is 2. The Morgan fingerprint density at radius 3 is 2.50 bits per heavy atom. The summed E-state index contributed by atoms with van der Waals surface area (Å²) in [6.45, 7) is 1.47. The summed E-state index contributed by atoms with van der Waals surface area (Å²) in [5.74, 6) is -2.58. The Morgan fingerprint density at radius 2 is 1.84 bits per heavy atom. The second-order valence-electron chi connectivity index (χ2n) is 6.54. The Morgan fingerprint density at radius 1 is 1.12 bits per heavy atom. The second kappa shape index (κ2) is 12.0. The van der Waals surface area contributed by atoms with Crippen LogP contribution < -0.4 is 15.4 Å². The van der Waals surface area contributed by atoms with E-state index in [4.69, 9.17) is 9.47 Å². The third-order valence-corrected chi connectivity index (χ3v) is 4.07. The molecule has 2 amide bonds. The molecule has 170 valence electrons. The van der Waals surface area contributed by atoms with Gasteiger partial charge in [0.2, 0.25) is 5.82 Å². The van der Waals surface area contributed by atoms with Crippen LogP contribution in [0.5, 0.6) is 5.75 Å². The highest BCUT2D eigenvalue weighted by Crippen LogP contribution is 2.21. The van der Waals surface area contributed by atoms with Crippen molar-refractivity contribution in [1.29, 1.82) is 0 Å². The van der Waals surface area contributed by atoms with E-state index in [9.17, 15) is 28.9 Å². The summed E-state index contributed by atoms with van der Waals surface area (Å²) in [6, 6.07) is 9.20. The Bertz CT molecular complexity index is 980. The van der Waals surface area contributed by atoms with Gasteiger partial charge >= 0.3 is 11.7 Å². The van der Waals surface area contributed by atoms with Gasteiger partial charge in [-0.15, -0.1) is 0 Å². The van der Waals surface area contributed by atoms with Crippen LogP contribution in [-0.4, -0.2) is 42.5 Å². The zero-order valence-electron chi connectivity index (χ0n) is 17.3. The van der Waals surface area contributed by atoms with E-state index in [-0.39, 0.29) is 5.69 Å². The molecule has 0 radical (unpaired) electrons. The molecule has 0 aromatic heterocycles. The summed E-state index contributed by atoms with van der Waals surface area (Å²) >= 11 is 0. The number of halogens is 1. The van der Waals surface area contributed by atoms with Crippen molar-refractivity contribution in [3.63, 3.8) is 0 Å². The molecule has 0 unspecified atom stereocenters. The number of nitrogens with one attached hydrogen (secondary N) is 2. The van der Waals surface area contributed by atoms with Gasteiger partial charge in [0.05, 0.1) is 11.5 Å². The Balaban J connectivity index is 1.74. The van der Waals surface area contributed by atoms with E-state index >= 15 is 0 Å². The number of benzene rings is 2. The zero-order valence-corrected chi connectivity index (χ0v) is 17.3. The predicted molar refractivity (Wildman–Crippen MR) is 112 cm³/mol. The van der Waals surface area contributed by atoms with Crippen molar-refractivity contribution in [2.24, 2.45) is 0 Å². The van der Waals surface area contributed by atoms with Gasteiger partial charge in [0.1, 0.15) is 12.3 Å².